The second-order valence-electron chi connectivity index (χ2n) is 33.4. The van der Waals surface area contributed by atoms with Gasteiger partial charge in [0.2, 0.25) is 17.1 Å². The lowest BCUT2D eigenvalue weighted by Gasteiger charge is -2.32. The van der Waals surface area contributed by atoms with E-state index in [1.54, 1.807) is 62.9 Å². The van der Waals surface area contributed by atoms with Gasteiger partial charge in [0.1, 0.15) is 65.4 Å². The van der Waals surface area contributed by atoms with Crippen LogP contribution in [0.3, 0.4) is 0 Å². The fraction of sp³-hybridized carbons (Fsp3) is 0.385. The number of aliphatic hydroxyl groups excluding tert-OH is 2. The molecular formula is C96H106BBrClF2N27O20. The number of aromatic amines is 1. The number of hydrogen-bond acceptors (Lipinski definition) is 42. The molecule has 11 aromatic heterocycles. The summed E-state index contributed by atoms with van der Waals surface area (Å²) in [7, 11) is -0.833. The number of nitrogens with two attached hydrogens (primary N) is 1. The molecule has 6 saturated heterocycles. The van der Waals surface area contributed by atoms with Crippen molar-refractivity contribution in [3.8, 4) is 23.4 Å². The fourth-order valence-corrected chi connectivity index (χ4v) is 15.6. The number of rotatable bonds is 21. The fourth-order valence-electron chi connectivity index (χ4n) is 15.1. The van der Waals surface area contributed by atoms with Gasteiger partial charge in [-0.1, -0.05) is 29.8 Å². The number of nitro groups is 3. The number of aromatic nitrogens is 16. The number of carbonyl (C=O) groups excluding carboxylic acids is 1. The first kappa shape index (κ1) is 112. The highest BCUT2D eigenvalue weighted by atomic mass is 79.9. The van der Waals surface area contributed by atoms with Crippen LogP contribution in [0.4, 0.5) is 54.3 Å². The van der Waals surface area contributed by atoms with Crippen LogP contribution in [0, 0.1) is 78.5 Å². The average molecular weight is 2120 g/mol. The Morgan fingerprint density at radius 1 is 0.507 bits per heavy atom. The maximum atomic E-state index is 14.9. The van der Waals surface area contributed by atoms with Crippen molar-refractivity contribution in [1.29, 1.82) is 10.5 Å². The molecule has 0 radical (unpaired) electrons. The van der Waals surface area contributed by atoms with E-state index in [2.05, 4.69) is 110 Å². The van der Waals surface area contributed by atoms with Crippen LogP contribution in [0.2, 0.25) is 5.15 Å². The first-order valence-electron chi connectivity index (χ1n) is 46.5. The lowest BCUT2D eigenvalue weighted by molar-refractivity contribution is -0.385. The second kappa shape index (κ2) is 54.0. The summed E-state index contributed by atoms with van der Waals surface area (Å²) >= 11 is 8.97. The normalized spacial score (nSPS) is 15.5. The SMILES string of the molecule is CCOC(OCC)OCC.Cc1nccnc1C(O)c1ccc(F)c(-c2ncnc3cc(N4CCOCC4)cnc23)c1.Cc1nccnc1C(O)c1ccc(F)c(B2OC(C)(C)C(C)(C)O2)c1.Clc1ncnc2cc(N3CCOCC3)cnc12.N#Cc1ncc(Br)cc1[N+](=O)[O-].N#Cc1ncc(N2CCOCC2)cc1[N+](=O)[O-].NC(=O)c1ncc(N2CCOCC2)cc1[N+](=O)[O-].O=c1[nH]cnc2cc(N3CCOCC3)cnc12. The van der Waals surface area contributed by atoms with Crippen molar-refractivity contribution < 1.29 is 85.8 Å². The number of carbonyl (C=O) groups is 1. The Balaban J connectivity index is 0.000000154. The highest BCUT2D eigenvalue weighted by Gasteiger charge is 2.53. The van der Waals surface area contributed by atoms with Crippen molar-refractivity contribution >= 4 is 125 Å². The molecule has 148 heavy (non-hydrogen) atoms. The predicted octanol–water partition coefficient (Wildman–Crippen LogP) is 10.4. The summed E-state index contributed by atoms with van der Waals surface area (Å²) < 4.78 is 83.3. The number of hydrogen-bond donors (Lipinski definition) is 4. The minimum absolute atomic E-state index is 0.160. The van der Waals surface area contributed by atoms with Crippen LogP contribution < -0.4 is 41.3 Å². The Kier molecular flexibility index (Phi) is 40.9. The Bertz CT molecular complexity index is 6880. The number of pyridine rings is 6. The second-order valence-corrected chi connectivity index (χ2v) is 34.7. The largest absolute Gasteiger partial charge is 0.497 e. The number of fused-ring (bicyclic) bond motifs is 3. The van der Waals surface area contributed by atoms with Crippen LogP contribution in [0.25, 0.3) is 44.4 Å². The summed E-state index contributed by atoms with van der Waals surface area (Å²) in [6, 6.07) is 21.9. The predicted molar refractivity (Wildman–Crippen MR) is 541 cm³/mol. The van der Waals surface area contributed by atoms with Gasteiger partial charge in [0, 0.05) is 150 Å². The molecule has 19 rings (SSSR count). The molecule has 2 unspecified atom stereocenters. The number of H-pyrrole nitrogens is 1. The zero-order chi connectivity index (χ0) is 106. The van der Waals surface area contributed by atoms with Crippen LogP contribution >= 0.6 is 27.5 Å². The molecule has 13 aromatic rings. The van der Waals surface area contributed by atoms with E-state index in [-0.39, 0.29) is 50.7 Å². The molecule has 0 spiro atoms. The number of nitriles is 2. The van der Waals surface area contributed by atoms with Crippen molar-refractivity contribution in [2.24, 2.45) is 5.73 Å². The number of amides is 1. The molecule has 47 nitrogen and oxygen atoms in total. The first-order valence-corrected chi connectivity index (χ1v) is 47.6. The molecule has 0 aliphatic carbocycles. The smallest absolute Gasteiger partial charge is 0.399 e. The van der Waals surface area contributed by atoms with Gasteiger partial charge < -0.3 is 92.6 Å². The number of primary amides is 1. The van der Waals surface area contributed by atoms with Crippen LogP contribution in [-0.2, 0) is 47.2 Å². The summed E-state index contributed by atoms with van der Waals surface area (Å²) in [6.07, 6.45) is 17.9. The van der Waals surface area contributed by atoms with Gasteiger partial charge in [0.25, 0.3) is 17.9 Å². The van der Waals surface area contributed by atoms with Gasteiger partial charge in [-0.25, -0.2) is 58.6 Å². The lowest BCUT2D eigenvalue weighted by Crippen LogP contribution is -2.41. The summed E-state index contributed by atoms with van der Waals surface area (Å²) in [5.74, 6) is -1.81. The lowest BCUT2D eigenvalue weighted by atomic mass is 9.77. The van der Waals surface area contributed by atoms with Crippen LogP contribution in [0.15, 0.2) is 163 Å². The van der Waals surface area contributed by atoms with Gasteiger partial charge in [0.05, 0.1) is 197 Å². The van der Waals surface area contributed by atoms with E-state index in [0.29, 0.717) is 174 Å². The van der Waals surface area contributed by atoms with Crippen molar-refractivity contribution in [2.75, 3.05) is 176 Å². The highest BCUT2D eigenvalue weighted by Crippen LogP contribution is 2.39. The summed E-state index contributed by atoms with van der Waals surface area (Å²) in [4.78, 5) is 127. The molecule has 0 saturated carbocycles. The molecule has 6 aliphatic rings. The van der Waals surface area contributed by atoms with Crippen LogP contribution in [-0.4, -0.2) is 287 Å². The van der Waals surface area contributed by atoms with Gasteiger partial charge in [-0.3, -0.25) is 64.9 Å². The maximum absolute atomic E-state index is 14.9. The van der Waals surface area contributed by atoms with Crippen molar-refractivity contribution in [1.82, 2.24) is 79.7 Å². The third-order valence-corrected chi connectivity index (χ3v) is 24.2. The van der Waals surface area contributed by atoms with Crippen LogP contribution in [0.5, 0.6) is 0 Å². The molecule has 776 valence electrons. The molecule has 6 aliphatic heterocycles. The minimum Gasteiger partial charge on any atom is -0.399 e. The molecule has 2 atom stereocenters. The molecule has 6 fully saturated rings. The van der Waals surface area contributed by atoms with E-state index in [9.17, 15) is 58.9 Å². The van der Waals surface area contributed by atoms with Gasteiger partial charge in [-0.05, 0) is 126 Å². The topological polar surface area (TPSA) is 595 Å². The number of nitrogens with one attached hydrogen (secondary N) is 1. The summed E-state index contributed by atoms with van der Waals surface area (Å²) in [6.45, 7) is 32.5. The number of halogens is 4. The molecule has 2 aromatic carbocycles. The summed E-state index contributed by atoms with van der Waals surface area (Å²) in [5, 5.41) is 71.0. The summed E-state index contributed by atoms with van der Waals surface area (Å²) in [5.41, 5.74) is 13.8. The van der Waals surface area contributed by atoms with E-state index in [1.807, 2.05) is 82.7 Å². The zero-order valence-corrected chi connectivity index (χ0v) is 84.4. The zero-order valence-electron chi connectivity index (χ0n) is 82.0. The molecule has 5 N–H and O–H groups in total. The maximum Gasteiger partial charge on any atom is 0.497 e. The highest BCUT2D eigenvalue weighted by molar-refractivity contribution is 9.10. The number of aliphatic hydroxyl groups is 2. The third-order valence-electron chi connectivity index (χ3n) is 23.5. The Labute approximate surface area is 859 Å². The molecule has 52 heteroatoms. The molecule has 0 bridgehead atoms. The van der Waals surface area contributed by atoms with E-state index in [0.717, 1.165) is 88.3 Å². The molecular weight excluding hydrogens is 2020 g/mol. The number of ether oxygens (including phenoxy) is 8. The van der Waals surface area contributed by atoms with Gasteiger partial charge >= 0.3 is 24.2 Å². The average Bonchev–Trinajstić information content (AvgIpc) is 1.58. The van der Waals surface area contributed by atoms with Gasteiger partial charge in [0.15, 0.2) is 10.7 Å². The van der Waals surface area contributed by atoms with E-state index < -0.39 is 69.3 Å². The molecule has 1 amide bonds. The van der Waals surface area contributed by atoms with Gasteiger partial charge in [-0.15, -0.1) is 0 Å². The van der Waals surface area contributed by atoms with E-state index in [4.69, 9.17) is 75.1 Å². The monoisotopic (exact) mass is 2120 g/mol. The van der Waals surface area contributed by atoms with Gasteiger partial charge in [-0.2, -0.15) is 10.5 Å². The van der Waals surface area contributed by atoms with Crippen molar-refractivity contribution in [3.05, 3.63) is 267 Å². The third kappa shape index (κ3) is 29.8. The number of nitrogens with zero attached hydrogens (tertiary/aromatic N) is 25. The molecule has 17 heterocycles. The Hall–Kier alpha value is -14.8. The quantitative estimate of drug-likeness (QED) is 0.0171. The Morgan fingerprint density at radius 3 is 1.32 bits per heavy atom. The number of aryl methyl sites for hydroxylation is 2. The van der Waals surface area contributed by atoms with E-state index in [1.165, 1.54) is 92.4 Å². The number of morpholine rings is 5. The first-order chi connectivity index (χ1) is 71.2. The van der Waals surface area contributed by atoms with E-state index >= 15 is 0 Å². The minimum atomic E-state index is -1.04. The number of anilines is 5. The van der Waals surface area contributed by atoms with Crippen LogP contribution in [0.1, 0.15) is 116 Å². The Morgan fingerprint density at radius 2 is 0.885 bits per heavy atom. The standard InChI is InChI=1S/C23H21FN6O2.C18H22BFN2O3.C11H11ClN4O.C11H12N4O2.C10H12N4O4.C10H10N4O3.C7H16O3.C6H2BrN3O2/c1-14-20(26-5-4-25-14)23(31)15-2-3-18(24)17(10-15)21-22-19(28-13-29-21)11-16(12-27-22)30-6-8-32-9-7-30;1-11-15(22-9-8-21-11)16(23)12-6-7-14(20)13(10-12)19-24-17(2,3)18(4,5)25-19;12-11-10-9(14-7-15-11)5-8(6-13-10)16-1-3-17-4-2-16;16-11-10-9(13-7-14-11)5-8(6-12-10)15-1-3-17-4-2-15;11-10(15)9-8(14(16)17)5-7(6-12-9)13-1-3-18-4-2-13;11-6-9-10(14(15)16)5-8(7-12-9)13-1-3-17-4-2-13;1-4-8-7(9-5-2)10-6-3;7-4-1-6(10(11)12)5(2-8)9-3-4/h2-5,10-13,23,31H,6-9H2,1H3;6-10,16,23H,1-5H3;5-7H,1-4H2;5-7H,1-4H2,(H,13,14,16);5-6H,1-4H2,(H2,11,15);5,7H,1-4H2;7H,4-6H2,1-3H3;1,3H. The van der Waals surface area contributed by atoms with Crippen molar-refractivity contribution in [3.63, 3.8) is 0 Å². The van der Waals surface area contributed by atoms with Crippen molar-refractivity contribution in [2.45, 2.75) is 92.2 Å². The number of benzene rings is 2.